The Balaban J connectivity index is 2.06. The molecule has 0 aliphatic heterocycles. The maximum Gasteiger partial charge on any atom is 0.280 e. The summed E-state index contributed by atoms with van der Waals surface area (Å²) in [7, 11) is 0. The van der Waals surface area contributed by atoms with Crippen LogP contribution in [0.25, 0.3) is 22.5 Å². The van der Waals surface area contributed by atoms with Crippen molar-refractivity contribution < 1.29 is 4.39 Å². The average Bonchev–Trinajstić information content (AvgIpc) is 3.16. The Kier molecular flexibility index (Phi) is 2.95. The first-order chi connectivity index (χ1) is 11.6. The average molecular weight is 326 g/mol. The number of rotatable bonds is 2. The number of pyridine rings is 1. The molecule has 8 nitrogen and oxygen atoms in total. The normalized spacial score (nSPS) is 11.2. The highest BCUT2D eigenvalue weighted by Gasteiger charge is 2.17. The maximum atomic E-state index is 13.4. The predicted molar refractivity (Wildman–Crippen MR) is 84.1 cm³/mol. The van der Waals surface area contributed by atoms with Gasteiger partial charge in [0.25, 0.3) is 11.1 Å². The van der Waals surface area contributed by atoms with Crippen molar-refractivity contribution >= 4 is 10.9 Å². The van der Waals surface area contributed by atoms with E-state index in [9.17, 15) is 14.0 Å². The van der Waals surface area contributed by atoms with E-state index in [1.807, 2.05) is 0 Å². The van der Waals surface area contributed by atoms with E-state index in [1.54, 1.807) is 13.0 Å². The number of nitrogens with one attached hydrogen (secondary N) is 2. The molecule has 2 N–H and O–H groups in total. The zero-order chi connectivity index (χ0) is 16.8. The zero-order valence-corrected chi connectivity index (χ0v) is 12.4. The summed E-state index contributed by atoms with van der Waals surface area (Å²) in [5, 5.41) is 9.47. The largest absolute Gasteiger partial charge is 0.290 e. The summed E-state index contributed by atoms with van der Waals surface area (Å²) < 4.78 is 15.9. The second-order valence-electron chi connectivity index (χ2n) is 5.23. The van der Waals surface area contributed by atoms with Crippen LogP contribution >= 0.6 is 0 Å². The Labute approximate surface area is 133 Å². The van der Waals surface area contributed by atoms with Crippen LogP contribution in [0.3, 0.4) is 0 Å². The lowest BCUT2D eigenvalue weighted by Crippen LogP contribution is -2.22. The lowest BCUT2D eigenvalue weighted by molar-refractivity contribution is 0.625. The van der Waals surface area contributed by atoms with E-state index in [0.29, 0.717) is 22.3 Å². The SMILES string of the molecule is Cc1c2c(=O)n(-c3cccc(F)c3)[nH]c2cc(=O)n1-c1ncn[nH]1. The summed E-state index contributed by atoms with van der Waals surface area (Å²) in [5.41, 5.74) is 0.355. The summed E-state index contributed by atoms with van der Waals surface area (Å²) in [6, 6.07) is 6.91. The number of benzene rings is 1. The van der Waals surface area contributed by atoms with E-state index < -0.39 is 5.82 Å². The van der Waals surface area contributed by atoms with Crippen LogP contribution in [0, 0.1) is 12.7 Å². The molecule has 0 bridgehead atoms. The minimum Gasteiger partial charge on any atom is -0.290 e. The Morgan fingerprint density at radius 3 is 2.75 bits per heavy atom. The number of fused-ring (bicyclic) bond motifs is 1. The predicted octanol–water partition coefficient (Wildman–Crippen LogP) is 1.04. The molecule has 0 aliphatic carbocycles. The molecule has 0 spiro atoms. The van der Waals surface area contributed by atoms with Crippen LogP contribution in [0.5, 0.6) is 0 Å². The maximum absolute atomic E-state index is 13.4. The van der Waals surface area contributed by atoms with Gasteiger partial charge in [-0.25, -0.2) is 18.7 Å². The van der Waals surface area contributed by atoms with Gasteiger partial charge in [-0.1, -0.05) is 6.07 Å². The topological polar surface area (TPSA) is 101 Å². The van der Waals surface area contributed by atoms with Gasteiger partial charge in [-0.3, -0.25) is 14.7 Å². The van der Waals surface area contributed by atoms with Gasteiger partial charge in [0.1, 0.15) is 12.1 Å². The van der Waals surface area contributed by atoms with E-state index in [4.69, 9.17) is 0 Å². The number of aromatic amines is 2. The van der Waals surface area contributed by atoms with Crippen molar-refractivity contribution in [3.05, 3.63) is 68.9 Å². The third-order valence-corrected chi connectivity index (χ3v) is 3.78. The highest BCUT2D eigenvalue weighted by molar-refractivity contribution is 5.81. The molecule has 120 valence electrons. The van der Waals surface area contributed by atoms with Gasteiger partial charge in [0.05, 0.1) is 16.6 Å². The van der Waals surface area contributed by atoms with Crippen molar-refractivity contribution in [2.45, 2.75) is 6.92 Å². The van der Waals surface area contributed by atoms with Gasteiger partial charge >= 0.3 is 0 Å². The first-order valence-corrected chi connectivity index (χ1v) is 7.05. The molecule has 3 heterocycles. The van der Waals surface area contributed by atoms with Gasteiger partial charge in [-0.15, -0.1) is 0 Å². The monoisotopic (exact) mass is 326 g/mol. The van der Waals surface area contributed by atoms with E-state index in [2.05, 4.69) is 20.3 Å². The Morgan fingerprint density at radius 1 is 1.21 bits per heavy atom. The molecule has 0 aliphatic rings. The highest BCUT2D eigenvalue weighted by atomic mass is 19.1. The molecule has 0 atom stereocenters. The molecule has 4 rings (SSSR count). The van der Waals surface area contributed by atoms with Gasteiger partial charge in [-0.2, -0.15) is 10.1 Å². The fraction of sp³-hybridized carbons (Fsp3) is 0.0667. The van der Waals surface area contributed by atoms with Crippen LogP contribution in [0.4, 0.5) is 4.39 Å². The third kappa shape index (κ3) is 1.98. The Morgan fingerprint density at radius 2 is 2.04 bits per heavy atom. The van der Waals surface area contributed by atoms with Crippen molar-refractivity contribution in [1.82, 2.24) is 29.5 Å². The summed E-state index contributed by atoms with van der Waals surface area (Å²) in [5.74, 6) is -0.242. The first-order valence-electron chi connectivity index (χ1n) is 7.05. The molecule has 3 aromatic heterocycles. The fourth-order valence-corrected chi connectivity index (χ4v) is 2.74. The second-order valence-corrected chi connectivity index (χ2v) is 5.23. The fourth-order valence-electron chi connectivity index (χ4n) is 2.74. The van der Waals surface area contributed by atoms with Gasteiger partial charge in [-0.05, 0) is 25.1 Å². The van der Waals surface area contributed by atoms with Gasteiger partial charge in [0.15, 0.2) is 0 Å². The van der Waals surface area contributed by atoms with Crippen molar-refractivity contribution in [2.75, 3.05) is 0 Å². The van der Waals surface area contributed by atoms with Crippen LogP contribution in [-0.2, 0) is 0 Å². The van der Waals surface area contributed by atoms with Crippen molar-refractivity contribution in [3.8, 4) is 11.6 Å². The molecular formula is C15H11FN6O2. The summed E-state index contributed by atoms with van der Waals surface area (Å²) >= 11 is 0. The number of aryl methyl sites for hydroxylation is 1. The van der Waals surface area contributed by atoms with Crippen LogP contribution in [0.15, 0.2) is 46.2 Å². The Hall–Kier alpha value is -3.49. The molecule has 0 amide bonds. The van der Waals surface area contributed by atoms with Crippen LogP contribution < -0.4 is 11.1 Å². The van der Waals surface area contributed by atoms with Crippen molar-refractivity contribution in [1.29, 1.82) is 0 Å². The van der Waals surface area contributed by atoms with Crippen molar-refractivity contribution in [3.63, 3.8) is 0 Å². The minimum absolute atomic E-state index is 0.220. The van der Waals surface area contributed by atoms with Crippen LogP contribution in [0.1, 0.15) is 5.69 Å². The number of halogens is 1. The Bertz CT molecular complexity index is 1170. The lowest BCUT2D eigenvalue weighted by Gasteiger charge is -2.05. The number of hydrogen-bond donors (Lipinski definition) is 2. The number of nitrogens with zero attached hydrogens (tertiary/aromatic N) is 4. The minimum atomic E-state index is -0.462. The number of aromatic nitrogens is 6. The van der Waals surface area contributed by atoms with Crippen LogP contribution in [0.2, 0.25) is 0 Å². The van der Waals surface area contributed by atoms with E-state index in [0.717, 1.165) is 0 Å². The standard InChI is InChI=1S/C15H11FN6O2/c1-8-13-11(6-12(23)21(8)15-17-7-18-19-15)20-22(14(13)24)10-4-2-3-9(16)5-10/h2-7,20H,1H3,(H,17,18,19). The van der Waals surface area contributed by atoms with Crippen molar-refractivity contribution in [2.24, 2.45) is 0 Å². The second kappa shape index (κ2) is 5.01. The van der Waals surface area contributed by atoms with Gasteiger partial charge in [0, 0.05) is 11.8 Å². The van der Waals surface area contributed by atoms with Gasteiger partial charge < -0.3 is 0 Å². The molecule has 4 aromatic rings. The number of hydrogen-bond acceptors (Lipinski definition) is 4. The third-order valence-electron chi connectivity index (χ3n) is 3.78. The smallest absolute Gasteiger partial charge is 0.280 e. The highest BCUT2D eigenvalue weighted by Crippen LogP contribution is 2.15. The summed E-state index contributed by atoms with van der Waals surface area (Å²) in [6.07, 6.45) is 1.27. The molecule has 9 heteroatoms. The first kappa shape index (κ1) is 14.1. The van der Waals surface area contributed by atoms with E-state index in [-0.39, 0.29) is 17.1 Å². The number of H-pyrrole nitrogens is 2. The molecule has 0 saturated carbocycles. The van der Waals surface area contributed by atoms with Gasteiger partial charge in [0.2, 0.25) is 5.95 Å². The van der Waals surface area contributed by atoms with E-state index in [1.165, 1.54) is 39.8 Å². The molecule has 1 aromatic carbocycles. The molecule has 0 fully saturated rings. The summed E-state index contributed by atoms with van der Waals surface area (Å²) in [4.78, 5) is 29.0. The molecular weight excluding hydrogens is 315 g/mol. The summed E-state index contributed by atoms with van der Waals surface area (Å²) in [6.45, 7) is 1.64. The van der Waals surface area contributed by atoms with Crippen LogP contribution in [-0.4, -0.2) is 29.5 Å². The lowest BCUT2D eigenvalue weighted by atomic mass is 10.2. The zero-order valence-electron chi connectivity index (χ0n) is 12.4. The van der Waals surface area contributed by atoms with E-state index >= 15 is 0 Å². The quantitative estimate of drug-likeness (QED) is 0.574. The molecule has 0 unspecified atom stereocenters. The molecule has 0 saturated heterocycles. The molecule has 24 heavy (non-hydrogen) atoms. The molecule has 0 radical (unpaired) electrons.